The van der Waals surface area contributed by atoms with Crippen LogP contribution in [0, 0.1) is 0 Å². The zero-order chi connectivity index (χ0) is 13.4. The fourth-order valence-electron chi connectivity index (χ4n) is 2.60. The van der Waals surface area contributed by atoms with Crippen LogP contribution >= 0.6 is 0 Å². The summed E-state index contributed by atoms with van der Waals surface area (Å²) >= 11 is 0. The Labute approximate surface area is 116 Å². The number of benzene rings is 1. The fraction of sp³-hybridized carbons (Fsp3) is 0.267. The maximum absolute atomic E-state index is 4.65. The SMILES string of the molecule is c1cn(-c2ccc(-c3nc4n(n3)CCCC4)cc2)cn1. The number of rotatable bonds is 2. The number of nitrogens with zero attached hydrogens (tertiary/aromatic N) is 5. The van der Waals surface area contributed by atoms with E-state index < -0.39 is 0 Å². The highest BCUT2D eigenvalue weighted by Crippen LogP contribution is 2.21. The monoisotopic (exact) mass is 265 g/mol. The lowest BCUT2D eigenvalue weighted by Gasteiger charge is -2.09. The lowest BCUT2D eigenvalue weighted by Crippen LogP contribution is -2.11. The molecular weight excluding hydrogens is 250 g/mol. The molecule has 3 heterocycles. The smallest absolute Gasteiger partial charge is 0.181 e. The zero-order valence-corrected chi connectivity index (χ0v) is 11.1. The molecular formula is C15H15N5. The molecule has 0 saturated heterocycles. The van der Waals surface area contributed by atoms with E-state index in [1.165, 1.54) is 12.8 Å². The Kier molecular flexibility index (Phi) is 2.62. The van der Waals surface area contributed by atoms with Crippen molar-refractivity contribution in [2.75, 3.05) is 0 Å². The van der Waals surface area contributed by atoms with Crippen molar-refractivity contribution in [2.24, 2.45) is 0 Å². The van der Waals surface area contributed by atoms with Gasteiger partial charge in [-0.25, -0.2) is 14.6 Å². The van der Waals surface area contributed by atoms with Crippen molar-refractivity contribution < 1.29 is 0 Å². The molecule has 0 fully saturated rings. The van der Waals surface area contributed by atoms with Gasteiger partial charge in [0.15, 0.2) is 5.82 Å². The molecule has 0 amide bonds. The minimum atomic E-state index is 0.832. The Morgan fingerprint density at radius 2 is 1.95 bits per heavy atom. The molecule has 5 heteroatoms. The predicted octanol–water partition coefficient (Wildman–Crippen LogP) is 2.47. The van der Waals surface area contributed by atoms with Crippen LogP contribution in [0.4, 0.5) is 0 Å². The van der Waals surface area contributed by atoms with Crippen LogP contribution in [0.5, 0.6) is 0 Å². The van der Waals surface area contributed by atoms with Gasteiger partial charge in [-0.1, -0.05) is 0 Å². The first-order valence-electron chi connectivity index (χ1n) is 6.93. The number of aromatic nitrogens is 5. The third-order valence-corrected chi connectivity index (χ3v) is 3.70. The van der Waals surface area contributed by atoms with Crippen molar-refractivity contribution in [3.8, 4) is 17.1 Å². The molecule has 0 aliphatic carbocycles. The van der Waals surface area contributed by atoms with Crippen molar-refractivity contribution in [1.29, 1.82) is 0 Å². The number of fused-ring (bicyclic) bond motifs is 1. The van der Waals surface area contributed by atoms with E-state index in [4.69, 9.17) is 0 Å². The largest absolute Gasteiger partial charge is 0.306 e. The Balaban J connectivity index is 1.67. The average molecular weight is 265 g/mol. The van der Waals surface area contributed by atoms with Crippen LogP contribution in [-0.4, -0.2) is 24.3 Å². The highest BCUT2D eigenvalue weighted by Gasteiger charge is 2.14. The minimum Gasteiger partial charge on any atom is -0.306 e. The van der Waals surface area contributed by atoms with E-state index in [0.717, 1.165) is 35.9 Å². The number of hydrogen-bond donors (Lipinski definition) is 0. The van der Waals surface area contributed by atoms with Gasteiger partial charge in [-0.2, -0.15) is 5.10 Å². The summed E-state index contributed by atoms with van der Waals surface area (Å²) in [6.07, 6.45) is 8.97. The standard InChI is InChI=1S/C15H15N5/c1-2-9-20-14(3-1)17-15(18-20)12-4-6-13(7-5-12)19-10-8-16-11-19/h4-8,10-11H,1-3,9H2. The Morgan fingerprint density at radius 3 is 2.70 bits per heavy atom. The number of aryl methyl sites for hydroxylation is 2. The first kappa shape index (κ1) is 11.4. The molecule has 0 unspecified atom stereocenters. The summed E-state index contributed by atoms with van der Waals surface area (Å²) in [5.41, 5.74) is 2.16. The van der Waals surface area contributed by atoms with Crippen LogP contribution in [0.1, 0.15) is 18.7 Å². The van der Waals surface area contributed by atoms with Gasteiger partial charge in [0, 0.05) is 36.6 Å². The average Bonchev–Trinajstić information content (AvgIpc) is 3.17. The minimum absolute atomic E-state index is 0.832. The van der Waals surface area contributed by atoms with Crippen molar-refractivity contribution in [3.63, 3.8) is 0 Å². The second-order valence-corrected chi connectivity index (χ2v) is 5.05. The summed E-state index contributed by atoms with van der Waals surface area (Å²) in [7, 11) is 0. The van der Waals surface area contributed by atoms with Gasteiger partial charge in [0.05, 0.1) is 6.33 Å². The Hall–Kier alpha value is -2.43. The van der Waals surface area contributed by atoms with Crippen LogP contribution in [0.3, 0.4) is 0 Å². The lowest BCUT2D eigenvalue weighted by atomic mass is 10.2. The van der Waals surface area contributed by atoms with Gasteiger partial charge in [0.1, 0.15) is 5.82 Å². The van der Waals surface area contributed by atoms with Crippen molar-refractivity contribution in [3.05, 3.63) is 48.8 Å². The molecule has 1 aliphatic rings. The summed E-state index contributed by atoms with van der Waals surface area (Å²) in [6.45, 7) is 0.995. The maximum Gasteiger partial charge on any atom is 0.181 e. The van der Waals surface area contributed by atoms with Crippen LogP contribution in [-0.2, 0) is 13.0 Å². The van der Waals surface area contributed by atoms with Gasteiger partial charge in [-0.3, -0.25) is 0 Å². The van der Waals surface area contributed by atoms with E-state index in [-0.39, 0.29) is 0 Å². The first-order valence-corrected chi connectivity index (χ1v) is 6.93. The number of hydrogen-bond acceptors (Lipinski definition) is 3. The number of imidazole rings is 1. The van der Waals surface area contributed by atoms with Crippen LogP contribution < -0.4 is 0 Å². The second kappa shape index (κ2) is 4.59. The van der Waals surface area contributed by atoms with E-state index in [2.05, 4.69) is 39.3 Å². The molecule has 1 aliphatic heterocycles. The summed E-state index contributed by atoms with van der Waals surface area (Å²) in [4.78, 5) is 8.70. The normalized spacial score (nSPS) is 14.2. The van der Waals surface area contributed by atoms with E-state index >= 15 is 0 Å². The molecule has 3 aromatic rings. The molecule has 0 N–H and O–H groups in total. The van der Waals surface area contributed by atoms with E-state index in [1.54, 1.807) is 12.5 Å². The first-order chi connectivity index (χ1) is 9.90. The predicted molar refractivity (Wildman–Crippen MR) is 75.5 cm³/mol. The zero-order valence-electron chi connectivity index (χ0n) is 11.1. The topological polar surface area (TPSA) is 48.5 Å². The van der Waals surface area contributed by atoms with Gasteiger partial charge in [-0.05, 0) is 37.1 Å². The quantitative estimate of drug-likeness (QED) is 0.715. The molecule has 5 nitrogen and oxygen atoms in total. The molecule has 0 atom stereocenters. The van der Waals surface area contributed by atoms with Gasteiger partial charge in [0.2, 0.25) is 0 Å². The molecule has 1 aromatic carbocycles. The van der Waals surface area contributed by atoms with E-state index in [1.807, 2.05) is 15.4 Å². The summed E-state index contributed by atoms with van der Waals surface area (Å²) in [5, 5.41) is 4.60. The van der Waals surface area contributed by atoms with Crippen LogP contribution in [0.15, 0.2) is 43.0 Å². The molecule has 4 rings (SSSR count). The third-order valence-electron chi connectivity index (χ3n) is 3.70. The van der Waals surface area contributed by atoms with Crippen LogP contribution in [0.25, 0.3) is 17.1 Å². The van der Waals surface area contributed by atoms with Gasteiger partial charge in [0.25, 0.3) is 0 Å². The van der Waals surface area contributed by atoms with Gasteiger partial charge >= 0.3 is 0 Å². The Morgan fingerprint density at radius 1 is 1.05 bits per heavy atom. The highest BCUT2D eigenvalue weighted by molar-refractivity contribution is 5.57. The fourth-order valence-corrected chi connectivity index (χ4v) is 2.60. The van der Waals surface area contributed by atoms with E-state index in [9.17, 15) is 0 Å². The van der Waals surface area contributed by atoms with Crippen LogP contribution in [0.2, 0.25) is 0 Å². The third kappa shape index (κ3) is 1.91. The van der Waals surface area contributed by atoms with E-state index in [0.29, 0.717) is 0 Å². The molecule has 2 aromatic heterocycles. The summed E-state index contributed by atoms with van der Waals surface area (Å²) in [5.74, 6) is 1.95. The van der Waals surface area contributed by atoms with Crippen molar-refractivity contribution in [1.82, 2.24) is 24.3 Å². The summed E-state index contributed by atoms with van der Waals surface area (Å²) in [6, 6.07) is 8.27. The summed E-state index contributed by atoms with van der Waals surface area (Å²) < 4.78 is 4.03. The Bertz CT molecular complexity index is 686. The van der Waals surface area contributed by atoms with Crippen molar-refractivity contribution >= 4 is 0 Å². The molecule has 0 bridgehead atoms. The maximum atomic E-state index is 4.65. The lowest BCUT2D eigenvalue weighted by molar-refractivity contribution is 0.480. The molecule has 0 saturated carbocycles. The second-order valence-electron chi connectivity index (χ2n) is 5.05. The molecule has 0 radical (unpaired) electrons. The molecule has 100 valence electrons. The van der Waals surface area contributed by atoms with Crippen molar-refractivity contribution in [2.45, 2.75) is 25.8 Å². The van der Waals surface area contributed by atoms with Gasteiger partial charge in [-0.15, -0.1) is 0 Å². The highest BCUT2D eigenvalue weighted by atomic mass is 15.3. The van der Waals surface area contributed by atoms with Gasteiger partial charge < -0.3 is 4.57 Å². The molecule has 20 heavy (non-hydrogen) atoms. The molecule has 0 spiro atoms.